The monoisotopic (exact) mass is 400 g/mol. The Morgan fingerprint density at radius 1 is 1.22 bits per heavy atom. The number of para-hydroxylation sites is 1. The van der Waals surface area contributed by atoms with E-state index in [0.717, 1.165) is 12.8 Å². The van der Waals surface area contributed by atoms with Gasteiger partial charge in [0.15, 0.2) is 5.16 Å². The maximum Gasteiger partial charge on any atom is 0.266 e. The fraction of sp³-hybridized carbons (Fsp3) is 0.250. The third-order valence-electron chi connectivity index (χ3n) is 4.63. The molecular formula is C20H17ClN2O3S. The Kier molecular flexibility index (Phi) is 4.93. The van der Waals surface area contributed by atoms with E-state index >= 15 is 0 Å². The van der Waals surface area contributed by atoms with Crippen LogP contribution in [0, 0.1) is 0 Å². The second kappa shape index (κ2) is 7.37. The van der Waals surface area contributed by atoms with E-state index in [-0.39, 0.29) is 16.6 Å². The van der Waals surface area contributed by atoms with Gasteiger partial charge in [-0.25, -0.2) is 4.98 Å². The van der Waals surface area contributed by atoms with Crippen molar-refractivity contribution >= 4 is 40.0 Å². The molecule has 0 N–H and O–H groups in total. The van der Waals surface area contributed by atoms with Gasteiger partial charge in [-0.1, -0.05) is 35.5 Å². The zero-order valence-corrected chi connectivity index (χ0v) is 16.2. The highest BCUT2D eigenvalue weighted by atomic mass is 35.5. The van der Waals surface area contributed by atoms with Crippen molar-refractivity contribution in [1.29, 1.82) is 0 Å². The van der Waals surface area contributed by atoms with E-state index in [1.54, 1.807) is 24.3 Å². The smallest absolute Gasteiger partial charge is 0.266 e. The van der Waals surface area contributed by atoms with Crippen LogP contribution in [0.1, 0.15) is 19.3 Å². The van der Waals surface area contributed by atoms with Crippen molar-refractivity contribution in [1.82, 2.24) is 9.55 Å². The average molecular weight is 401 g/mol. The molecule has 1 heterocycles. The number of nitrogens with zero attached hydrogens (tertiary/aromatic N) is 2. The average Bonchev–Trinajstić information content (AvgIpc) is 3.07. The number of benzene rings is 2. The van der Waals surface area contributed by atoms with Crippen LogP contribution in [-0.4, -0.2) is 27.7 Å². The highest BCUT2D eigenvalue weighted by Gasteiger charge is 2.28. The molecule has 1 aliphatic rings. The summed E-state index contributed by atoms with van der Waals surface area (Å²) in [6.45, 7) is 0. The molecule has 0 spiro atoms. The van der Waals surface area contributed by atoms with Crippen molar-refractivity contribution in [3.05, 3.63) is 57.8 Å². The molecule has 138 valence electrons. The Balaban J connectivity index is 1.92. The van der Waals surface area contributed by atoms with Crippen LogP contribution in [0.15, 0.2) is 52.4 Å². The number of Topliss-reactive ketones (excluding diaryl/α,β-unsaturated/α-hetero) is 1. The molecule has 4 rings (SSSR count). The zero-order chi connectivity index (χ0) is 19.0. The van der Waals surface area contributed by atoms with Gasteiger partial charge >= 0.3 is 0 Å². The van der Waals surface area contributed by atoms with Gasteiger partial charge in [0.25, 0.3) is 5.56 Å². The van der Waals surface area contributed by atoms with E-state index in [1.807, 2.05) is 18.2 Å². The van der Waals surface area contributed by atoms with Gasteiger partial charge in [-0.3, -0.25) is 14.2 Å². The van der Waals surface area contributed by atoms with Gasteiger partial charge in [0, 0.05) is 6.42 Å². The second-order valence-electron chi connectivity index (χ2n) is 6.34. The number of ether oxygens (including phenoxy) is 1. The van der Waals surface area contributed by atoms with Crippen LogP contribution in [0.5, 0.6) is 5.75 Å². The molecular weight excluding hydrogens is 384 g/mol. The van der Waals surface area contributed by atoms with Crippen LogP contribution in [0.3, 0.4) is 0 Å². The Morgan fingerprint density at radius 3 is 2.74 bits per heavy atom. The van der Waals surface area contributed by atoms with Crippen LogP contribution in [0.2, 0.25) is 5.02 Å². The Labute approximate surface area is 165 Å². The number of thioether (sulfide) groups is 1. The summed E-state index contributed by atoms with van der Waals surface area (Å²) >= 11 is 7.63. The van der Waals surface area contributed by atoms with Crippen molar-refractivity contribution in [2.24, 2.45) is 0 Å². The minimum atomic E-state index is -0.185. The highest BCUT2D eigenvalue weighted by Crippen LogP contribution is 2.34. The molecule has 3 aromatic rings. The predicted octanol–water partition coefficient (Wildman–Crippen LogP) is 4.26. The maximum atomic E-state index is 13.2. The van der Waals surface area contributed by atoms with Crippen molar-refractivity contribution in [3.63, 3.8) is 0 Å². The zero-order valence-electron chi connectivity index (χ0n) is 14.6. The molecule has 0 radical (unpaired) electrons. The number of aromatic nitrogens is 2. The molecule has 0 bridgehead atoms. The largest absolute Gasteiger partial charge is 0.495 e. The molecule has 1 aliphatic carbocycles. The topological polar surface area (TPSA) is 61.2 Å². The summed E-state index contributed by atoms with van der Waals surface area (Å²) < 4.78 is 6.74. The number of rotatable bonds is 4. The van der Waals surface area contributed by atoms with Gasteiger partial charge in [-0.15, -0.1) is 0 Å². The molecule has 1 fully saturated rings. The fourth-order valence-electron chi connectivity index (χ4n) is 3.25. The molecule has 0 aliphatic heterocycles. The molecule has 0 amide bonds. The van der Waals surface area contributed by atoms with Crippen LogP contribution in [0.4, 0.5) is 0 Å². The van der Waals surface area contributed by atoms with Gasteiger partial charge in [-0.05, 0) is 43.2 Å². The van der Waals surface area contributed by atoms with E-state index in [2.05, 4.69) is 4.98 Å². The quantitative estimate of drug-likeness (QED) is 0.612. The molecule has 0 saturated heterocycles. The molecule has 27 heavy (non-hydrogen) atoms. The number of fused-ring (bicyclic) bond motifs is 1. The first kappa shape index (κ1) is 18.1. The van der Waals surface area contributed by atoms with Crippen LogP contribution < -0.4 is 10.3 Å². The Morgan fingerprint density at radius 2 is 2.04 bits per heavy atom. The van der Waals surface area contributed by atoms with E-state index in [1.165, 1.54) is 23.4 Å². The van der Waals surface area contributed by atoms with E-state index < -0.39 is 0 Å². The van der Waals surface area contributed by atoms with Gasteiger partial charge in [-0.2, -0.15) is 0 Å². The summed E-state index contributed by atoms with van der Waals surface area (Å²) in [6.07, 6.45) is 2.27. The normalized spacial score (nSPS) is 16.8. The van der Waals surface area contributed by atoms with Gasteiger partial charge in [0.2, 0.25) is 0 Å². The number of hydrogen-bond donors (Lipinski definition) is 0. The third-order valence-corrected chi connectivity index (χ3v) is 6.20. The lowest BCUT2D eigenvalue weighted by Gasteiger charge is -2.16. The van der Waals surface area contributed by atoms with Gasteiger partial charge in [0.1, 0.15) is 11.5 Å². The minimum absolute atomic E-state index is 0.168. The van der Waals surface area contributed by atoms with E-state index in [0.29, 0.717) is 38.9 Å². The van der Waals surface area contributed by atoms with Crippen molar-refractivity contribution in [2.75, 3.05) is 7.11 Å². The summed E-state index contributed by atoms with van der Waals surface area (Å²) in [5, 5.41) is 1.26. The summed E-state index contributed by atoms with van der Waals surface area (Å²) in [7, 11) is 1.54. The lowest BCUT2D eigenvalue weighted by Crippen LogP contribution is -2.23. The van der Waals surface area contributed by atoms with Crippen LogP contribution in [0.25, 0.3) is 16.6 Å². The summed E-state index contributed by atoms with van der Waals surface area (Å²) in [4.78, 5) is 30.0. The van der Waals surface area contributed by atoms with Crippen LogP contribution >= 0.6 is 23.4 Å². The standard InChI is InChI=1S/C20H17ClN2O3S/c1-26-17-10-9-12(11-14(17)21)23-19(25)13-5-2-3-6-15(13)22-20(23)27-18-8-4-7-16(18)24/h2-3,5-6,9-11,18H,4,7-8H2,1H3/t18-/m1/s1. The van der Waals surface area contributed by atoms with E-state index in [9.17, 15) is 9.59 Å². The number of halogens is 1. The van der Waals surface area contributed by atoms with Crippen molar-refractivity contribution in [2.45, 2.75) is 29.7 Å². The molecule has 1 saturated carbocycles. The number of ketones is 1. The first-order chi connectivity index (χ1) is 13.1. The highest BCUT2D eigenvalue weighted by molar-refractivity contribution is 8.00. The first-order valence-electron chi connectivity index (χ1n) is 8.63. The third kappa shape index (κ3) is 3.35. The molecule has 0 unspecified atom stereocenters. The molecule has 1 aromatic heterocycles. The second-order valence-corrected chi connectivity index (χ2v) is 7.91. The maximum absolute atomic E-state index is 13.2. The lowest BCUT2D eigenvalue weighted by molar-refractivity contribution is -0.116. The van der Waals surface area contributed by atoms with E-state index in [4.69, 9.17) is 16.3 Å². The molecule has 1 atom stereocenters. The molecule has 7 heteroatoms. The Hall–Kier alpha value is -2.31. The number of hydrogen-bond acceptors (Lipinski definition) is 5. The lowest BCUT2D eigenvalue weighted by atomic mass is 10.2. The number of carbonyl (C=O) groups excluding carboxylic acids is 1. The summed E-state index contributed by atoms with van der Waals surface area (Å²) in [5.41, 5.74) is 1.03. The summed E-state index contributed by atoms with van der Waals surface area (Å²) in [5.74, 6) is 0.740. The SMILES string of the molecule is COc1ccc(-n2c(S[C@@H]3CCCC3=O)nc3ccccc3c2=O)cc1Cl. The fourth-order valence-corrected chi connectivity index (χ4v) is 4.73. The molecule has 2 aromatic carbocycles. The van der Waals surface area contributed by atoms with Gasteiger partial charge < -0.3 is 4.74 Å². The van der Waals surface area contributed by atoms with Crippen molar-refractivity contribution < 1.29 is 9.53 Å². The Bertz CT molecular complexity index is 1100. The first-order valence-corrected chi connectivity index (χ1v) is 9.89. The van der Waals surface area contributed by atoms with Gasteiger partial charge in [0.05, 0.1) is 34.0 Å². The minimum Gasteiger partial charge on any atom is -0.495 e. The summed E-state index contributed by atoms with van der Waals surface area (Å²) in [6, 6.07) is 12.4. The van der Waals surface area contributed by atoms with Crippen molar-refractivity contribution in [3.8, 4) is 11.4 Å². The number of methoxy groups -OCH3 is 1. The number of carbonyl (C=O) groups is 1. The molecule has 5 nitrogen and oxygen atoms in total. The van der Waals surface area contributed by atoms with Crippen LogP contribution in [-0.2, 0) is 4.79 Å². The predicted molar refractivity (Wildman–Crippen MR) is 107 cm³/mol.